The Balaban J connectivity index is 1.35. The van der Waals surface area contributed by atoms with Crippen molar-refractivity contribution < 1.29 is 4.79 Å². The summed E-state index contributed by atoms with van der Waals surface area (Å²) >= 11 is 13.8. The maximum absolute atomic E-state index is 12.6. The molecule has 0 aromatic carbocycles. The summed E-state index contributed by atoms with van der Waals surface area (Å²) in [5.74, 6) is 0.713. The van der Waals surface area contributed by atoms with Gasteiger partial charge in [0.25, 0.3) is 0 Å². The first-order valence-corrected chi connectivity index (χ1v) is 10.8. The molecule has 9 heteroatoms. The number of aromatic nitrogens is 2. The van der Waals surface area contributed by atoms with Crippen LogP contribution in [0.15, 0.2) is 12.3 Å². The molecule has 0 spiro atoms. The van der Waals surface area contributed by atoms with E-state index < -0.39 is 0 Å². The van der Waals surface area contributed by atoms with Gasteiger partial charge in [0.2, 0.25) is 0 Å². The Morgan fingerprint density at radius 2 is 1.89 bits per heavy atom. The van der Waals surface area contributed by atoms with Crippen molar-refractivity contribution in [3.8, 4) is 0 Å². The maximum Gasteiger partial charge on any atom is 0.323 e. The van der Waals surface area contributed by atoms with Crippen LogP contribution in [-0.2, 0) is 12.8 Å². The zero-order valence-corrected chi connectivity index (χ0v) is 17.2. The lowest BCUT2D eigenvalue weighted by Crippen LogP contribution is -2.50. The lowest BCUT2D eigenvalue weighted by atomic mass is 10.2. The normalized spacial score (nSPS) is 17.4. The summed E-state index contributed by atoms with van der Waals surface area (Å²) in [5, 5.41) is 4.75. The van der Waals surface area contributed by atoms with Crippen LogP contribution in [0.5, 0.6) is 0 Å². The minimum Gasteiger partial charge on any atom is -0.352 e. The Kier molecular flexibility index (Phi) is 5.71. The fourth-order valence-corrected chi connectivity index (χ4v) is 5.05. The van der Waals surface area contributed by atoms with Crippen LogP contribution in [0.2, 0.25) is 10.0 Å². The standard InChI is InChI=1S/C18H21Cl2N5OS/c19-12-10-13(20)16(21-11-12)24-6-8-25(9-7-24)18(26)23-17-22-14-4-2-1-3-5-15(14)27-17/h10-11H,1-9H2,(H,22,23,26). The first kappa shape index (κ1) is 18.8. The Bertz CT molecular complexity index is 812. The summed E-state index contributed by atoms with van der Waals surface area (Å²) in [6.45, 7) is 2.57. The molecule has 1 fully saturated rings. The van der Waals surface area contributed by atoms with E-state index in [0.29, 0.717) is 42.0 Å². The highest BCUT2D eigenvalue weighted by atomic mass is 35.5. The molecule has 1 aliphatic heterocycles. The number of thiazole rings is 1. The summed E-state index contributed by atoms with van der Waals surface area (Å²) in [6, 6.07) is 1.60. The average Bonchev–Trinajstić information content (AvgIpc) is 2.90. The second kappa shape index (κ2) is 8.20. The Morgan fingerprint density at radius 1 is 1.11 bits per heavy atom. The lowest BCUT2D eigenvalue weighted by Gasteiger charge is -2.35. The fraction of sp³-hybridized carbons (Fsp3) is 0.500. The molecule has 2 amide bonds. The van der Waals surface area contributed by atoms with E-state index in [1.807, 2.05) is 4.90 Å². The van der Waals surface area contributed by atoms with E-state index in [0.717, 1.165) is 18.0 Å². The van der Waals surface area contributed by atoms with Crippen molar-refractivity contribution in [2.24, 2.45) is 0 Å². The molecule has 0 saturated carbocycles. The Hall–Kier alpha value is -1.57. The van der Waals surface area contributed by atoms with Crippen molar-refractivity contribution in [3.63, 3.8) is 0 Å². The number of pyridine rings is 1. The number of urea groups is 1. The number of nitrogens with zero attached hydrogens (tertiary/aromatic N) is 4. The Labute approximate surface area is 172 Å². The second-order valence-corrected chi connectivity index (χ2v) is 8.74. The number of halogens is 2. The minimum absolute atomic E-state index is 0.0891. The van der Waals surface area contributed by atoms with E-state index in [1.165, 1.54) is 29.8 Å². The van der Waals surface area contributed by atoms with Crippen LogP contribution < -0.4 is 10.2 Å². The van der Waals surface area contributed by atoms with Crippen molar-refractivity contribution >= 4 is 51.5 Å². The zero-order valence-electron chi connectivity index (χ0n) is 14.9. The van der Waals surface area contributed by atoms with Gasteiger partial charge in [-0.1, -0.05) is 29.6 Å². The van der Waals surface area contributed by atoms with Crippen LogP contribution >= 0.6 is 34.5 Å². The average molecular weight is 426 g/mol. The number of hydrogen-bond donors (Lipinski definition) is 1. The van der Waals surface area contributed by atoms with Gasteiger partial charge in [0.05, 0.1) is 15.7 Å². The number of carbonyl (C=O) groups excluding carboxylic acids is 1. The highest BCUT2D eigenvalue weighted by Gasteiger charge is 2.24. The van der Waals surface area contributed by atoms with Gasteiger partial charge < -0.3 is 9.80 Å². The third-order valence-electron chi connectivity index (χ3n) is 4.96. The number of piperazine rings is 1. The third kappa shape index (κ3) is 4.31. The first-order chi connectivity index (χ1) is 13.1. The molecule has 1 N–H and O–H groups in total. The van der Waals surface area contributed by atoms with Crippen molar-refractivity contribution in [1.29, 1.82) is 0 Å². The molecule has 1 aliphatic carbocycles. The van der Waals surface area contributed by atoms with Gasteiger partial charge in [0.15, 0.2) is 5.13 Å². The fourth-order valence-electron chi connectivity index (χ4n) is 3.51. The van der Waals surface area contributed by atoms with Crippen LogP contribution in [0.25, 0.3) is 0 Å². The number of anilines is 2. The second-order valence-electron chi connectivity index (χ2n) is 6.81. The minimum atomic E-state index is -0.0891. The zero-order chi connectivity index (χ0) is 18.8. The number of hydrogen-bond acceptors (Lipinski definition) is 5. The van der Waals surface area contributed by atoms with E-state index in [-0.39, 0.29) is 6.03 Å². The molecule has 0 radical (unpaired) electrons. The van der Waals surface area contributed by atoms with Gasteiger partial charge in [0.1, 0.15) is 5.82 Å². The number of nitrogens with one attached hydrogen (secondary N) is 1. The third-order valence-corrected chi connectivity index (χ3v) is 6.52. The molecule has 144 valence electrons. The number of aryl methyl sites for hydroxylation is 2. The molecule has 0 atom stereocenters. The van der Waals surface area contributed by atoms with Gasteiger partial charge in [-0.3, -0.25) is 5.32 Å². The van der Waals surface area contributed by atoms with Crippen LogP contribution in [0, 0.1) is 0 Å². The molecular formula is C18H21Cl2N5OS. The molecule has 1 saturated heterocycles. The van der Waals surface area contributed by atoms with Gasteiger partial charge in [0, 0.05) is 37.3 Å². The monoisotopic (exact) mass is 425 g/mol. The Morgan fingerprint density at radius 3 is 2.67 bits per heavy atom. The van der Waals surface area contributed by atoms with Gasteiger partial charge in [-0.2, -0.15) is 0 Å². The van der Waals surface area contributed by atoms with Gasteiger partial charge in [-0.15, -0.1) is 11.3 Å². The van der Waals surface area contributed by atoms with Crippen LogP contribution in [0.3, 0.4) is 0 Å². The van der Waals surface area contributed by atoms with Gasteiger partial charge in [-0.25, -0.2) is 14.8 Å². The predicted molar refractivity (Wildman–Crippen MR) is 110 cm³/mol. The summed E-state index contributed by atoms with van der Waals surface area (Å²) < 4.78 is 0. The van der Waals surface area contributed by atoms with Gasteiger partial charge >= 0.3 is 6.03 Å². The number of fused-ring (bicyclic) bond motifs is 1. The van der Waals surface area contributed by atoms with Crippen LogP contribution in [-0.4, -0.2) is 47.1 Å². The van der Waals surface area contributed by atoms with Crippen molar-refractivity contribution in [2.75, 3.05) is 36.4 Å². The van der Waals surface area contributed by atoms with E-state index in [4.69, 9.17) is 23.2 Å². The molecule has 2 aromatic rings. The smallest absolute Gasteiger partial charge is 0.323 e. The summed E-state index contributed by atoms with van der Waals surface area (Å²) in [6.07, 6.45) is 7.36. The summed E-state index contributed by atoms with van der Waals surface area (Å²) in [7, 11) is 0. The van der Waals surface area contributed by atoms with E-state index in [1.54, 1.807) is 23.6 Å². The number of rotatable bonds is 2. The van der Waals surface area contributed by atoms with Crippen LogP contribution in [0.4, 0.5) is 15.7 Å². The largest absolute Gasteiger partial charge is 0.352 e. The van der Waals surface area contributed by atoms with E-state index in [2.05, 4.69) is 20.2 Å². The van der Waals surface area contributed by atoms with Crippen molar-refractivity contribution in [3.05, 3.63) is 32.9 Å². The molecule has 27 heavy (non-hydrogen) atoms. The molecular weight excluding hydrogens is 405 g/mol. The molecule has 2 aliphatic rings. The topological polar surface area (TPSA) is 61.4 Å². The number of carbonyl (C=O) groups is 1. The molecule has 0 unspecified atom stereocenters. The van der Waals surface area contributed by atoms with Crippen LogP contribution in [0.1, 0.15) is 29.8 Å². The quantitative estimate of drug-likeness (QED) is 0.720. The summed E-state index contributed by atoms with van der Waals surface area (Å²) in [5.41, 5.74) is 1.17. The summed E-state index contributed by atoms with van der Waals surface area (Å²) in [4.78, 5) is 26.8. The van der Waals surface area contributed by atoms with E-state index in [9.17, 15) is 4.79 Å². The molecule has 4 rings (SSSR count). The first-order valence-electron chi connectivity index (χ1n) is 9.20. The van der Waals surface area contributed by atoms with Crippen molar-refractivity contribution in [2.45, 2.75) is 32.1 Å². The van der Waals surface area contributed by atoms with Gasteiger partial charge in [-0.05, 0) is 31.7 Å². The molecule has 0 bridgehead atoms. The number of amides is 2. The highest BCUT2D eigenvalue weighted by molar-refractivity contribution is 7.15. The maximum atomic E-state index is 12.6. The molecule has 6 nitrogen and oxygen atoms in total. The lowest BCUT2D eigenvalue weighted by molar-refractivity contribution is 0.208. The molecule has 3 heterocycles. The van der Waals surface area contributed by atoms with Crippen molar-refractivity contribution in [1.82, 2.24) is 14.9 Å². The molecule has 2 aromatic heterocycles. The predicted octanol–water partition coefficient (Wildman–Crippen LogP) is 4.47. The highest BCUT2D eigenvalue weighted by Crippen LogP contribution is 2.30. The SMILES string of the molecule is O=C(Nc1nc2c(s1)CCCCC2)N1CCN(c2ncc(Cl)cc2Cl)CC1. The van der Waals surface area contributed by atoms with E-state index >= 15 is 0 Å².